The number of hydrogen-bond acceptors (Lipinski definition) is 3. The summed E-state index contributed by atoms with van der Waals surface area (Å²) in [5, 5.41) is 1.10. The van der Waals surface area contributed by atoms with Crippen molar-refractivity contribution in [3.8, 4) is 5.75 Å². The third-order valence-corrected chi connectivity index (χ3v) is 5.35. The van der Waals surface area contributed by atoms with E-state index in [0.717, 1.165) is 29.5 Å². The fourth-order valence-corrected chi connectivity index (χ4v) is 3.71. The number of aryl methyl sites for hydroxylation is 1. The first-order valence-electron chi connectivity index (χ1n) is 7.11. The van der Waals surface area contributed by atoms with Crippen molar-refractivity contribution >= 4 is 20.9 Å². The molecule has 1 aromatic carbocycles. The van der Waals surface area contributed by atoms with Crippen LogP contribution in [0.2, 0.25) is 0 Å². The highest BCUT2D eigenvalue weighted by atomic mass is 32.2. The maximum absolute atomic E-state index is 11.5. The fourth-order valence-electron chi connectivity index (χ4n) is 2.84. The van der Waals surface area contributed by atoms with E-state index in [2.05, 4.69) is 16.7 Å². The van der Waals surface area contributed by atoms with Crippen molar-refractivity contribution in [2.24, 2.45) is 7.05 Å². The van der Waals surface area contributed by atoms with Crippen LogP contribution in [0, 0.1) is 0 Å². The minimum Gasteiger partial charge on any atom is -0.490 e. The second-order valence-electron chi connectivity index (χ2n) is 5.59. The lowest BCUT2D eigenvalue weighted by Crippen LogP contribution is -2.41. The molecule has 1 aromatic heterocycles. The molecule has 0 saturated carbocycles. The Morgan fingerprint density at radius 2 is 1.90 bits per heavy atom. The summed E-state index contributed by atoms with van der Waals surface area (Å²) < 4.78 is 32.7. The molecule has 0 N–H and O–H groups in total. The molecule has 21 heavy (non-hydrogen) atoms. The number of benzene rings is 1. The predicted molar refractivity (Wildman–Crippen MR) is 83.0 cm³/mol. The van der Waals surface area contributed by atoms with Crippen molar-refractivity contribution in [1.82, 2.24) is 8.87 Å². The molecule has 114 valence electrons. The van der Waals surface area contributed by atoms with Crippen molar-refractivity contribution < 1.29 is 13.2 Å². The first-order chi connectivity index (χ1) is 9.95. The molecule has 1 fully saturated rings. The Bertz CT molecular complexity index is 743. The molecule has 5 nitrogen and oxygen atoms in total. The second-order valence-corrected chi connectivity index (χ2v) is 7.58. The van der Waals surface area contributed by atoms with Gasteiger partial charge in [0, 0.05) is 31.7 Å². The van der Waals surface area contributed by atoms with Crippen molar-refractivity contribution in [1.29, 1.82) is 0 Å². The number of hydrogen-bond donors (Lipinski definition) is 0. The SMILES string of the molecule is Cn1ccc2c(OC3CCN(S(C)(=O)=O)CC3)cccc21. The van der Waals surface area contributed by atoms with Gasteiger partial charge < -0.3 is 9.30 Å². The average Bonchev–Trinajstić information content (AvgIpc) is 2.82. The predicted octanol–water partition coefficient (Wildman–Crippen LogP) is 1.98. The molecule has 0 aliphatic carbocycles. The number of rotatable bonds is 3. The van der Waals surface area contributed by atoms with Gasteiger partial charge in [0.05, 0.1) is 11.8 Å². The molecule has 0 unspecified atom stereocenters. The zero-order chi connectivity index (χ0) is 15.0. The summed E-state index contributed by atoms with van der Waals surface area (Å²) in [7, 11) is -1.07. The molecule has 0 atom stereocenters. The maximum atomic E-state index is 11.5. The van der Waals surface area contributed by atoms with Gasteiger partial charge in [-0.3, -0.25) is 0 Å². The van der Waals surface area contributed by atoms with Gasteiger partial charge in [0.1, 0.15) is 11.9 Å². The van der Waals surface area contributed by atoms with Crippen molar-refractivity contribution in [3.63, 3.8) is 0 Å². The van der Waals surface area contributed by atoms with Crippen LogP contribution < -0.4 is 4.74 Å². The number of aromatic nitrogens is 1. The van der Waals surface area contributed by atoms with Crippen LogP contribution in [0.1, 0.15) is 12.8 Å². The Balaban J connectivity index is 1.73. The topological polar surface area (TPSA) is 51.5 Å². The van der Waals surface area contributed by atoms with Gasteiger partial charge in [-0.2, -0.15) is 0 Å². The van der Waals surface area contributed by atoms with Gasteiger partial charge in [-0.1, -0.05) is 6.07 Å². The highest BCUT2D eigenvalue weighted by Crippen LogP contribution is 2.28. The van der Waals surface area contributed by atoms with Crippen molar-refractivity contribution in [3.05, 3.63) is 30.5 Å². The first kappa shape index (κ1) is 14.4. The monoisotopic (exact) mass is 308 g/mol. The molecule has 2 aromatic rings. The van der Waals surface area contributed by atoms with E-state index in [1.54, 1.807) is 0 Å². The number of nitrogens with zero attached hydrogens (tertiary/aromatic N) is 2. The van der Waals surface area contributed by atoms with Crippen molar-refractivity contribution in [2.45, 2.75) is 18.9 Å². The van der Waals surface area contributed by atoms with Crippen LogP contribution >= 0.6 is 0 Å². The Hall–Kier alpha value is -1.53. The molecular formula is C15H20N2O3S. The lowest BCUT2D eigenvalue weighted by Gasteiger charge is -2.30. The van der Waals surface area contributed by atoms with Crippen LogP contribution in [0.5, 0.6) is 5.75 Å². The zero-order valence-electron chi connectivity index (χ0n) is 12.3. The number of ether oxygens (including phenoxy) is 1. The van der Waals surface area contributed by atoms with Crippen LogP contribution in [-0.2, 0) is 17.1 Å². The molecule has 3 rings (SSSR count). The largest absolute Gasteiger partial charge is 0.490 e. The van der Waals surface area contributed by atoms with Gasteiger partial charge in [-0.25, -0.2) is 12.7 Å². The summed E-state index contributed by atoms with van der Waals surface area (Å²) in [6.07, 6.45) is 4.82. The molecule has 0 radical (unpaired) electrons. The highest BCUT2D eigenvalue weighted by Gasteiger charge is 2.26. The van der Waals surface area contributed by atoms with Crippen LogP contribution in [0.4, 0.5) is 0 Å². The van der Waals surface area contributed by atoms with E-state index in [9.17, 15) is 8.42 Å². The lowest BCUT2D eigenvalue weighted by molar-refractivity contribution is 0.137. The van der Waals surface area contributed by atoms with Gasteiger partial charge in [0.15, 0.2) is 0 Å². The number of fused-ring (bicyclic) bond motifs is 1. The Morgan fingerprint density at radius 3 is 2.57 bits per heavy atom. The molecule has 1 aliphatic rings. The molecular weight excluding hydrogens is 288 g/mol. The quantitative estimate of drug-likeness (QED) is 0.871. The first-order valence-corrected chi connectivity index (χ1v) is 8.96. The average molecular weight is 308 g/mol. The van der Waals surface area contributed by atoms with Gasteiger partial charge in [0.2, 0.25) is 10.0 Å². The van der Waals surface area contributed by atoms with Crippen LogP contribution in [0.3, 0.4) is 0 Å². The van der Waals surface area contributed by atoms with Crippen LogP contribution in [0.25, 0.3) is 10.9 Å². The molecule has 0 spiro atoms. The summed E-state index contributed by atoms with van der Waals surface area (Å²) in [4.78, 5) is 0. The summed E-state index contributed by atoms with van der Waals surface area (Å²) in [5.41, 5.74) is 1.14. The third kappa shape index (κ3) is 2.91. The normalized spacial score (nSPS) is 18.2. The number of piperidine rings is 1. The minimum absolute atomic E-state index is 0.0776. The third-order valence-electron chi connectivity index (χ3n) is 4.05. The highest BCUT2D eigenvalue weighted by molar-refractivity contribution is 7.88. The Morgan fingerprint density at radius 1 is 1.19 bits per heavy atom. The molecule has 1 aliphatic heterocycles. The summed E-state index contributed by atoms with van der Waals surface area (Å²) in [6, 6.07) is 8.08. The molecule has 0 bridgehead atoms. The zero-order valence-corrected chi connectivity index (χ0v) is 13.1. The van der Waals surface area contributed by atoms with Gasteiger partial charge in [-0.15, -0.1) is 0 Å². The van der Waals surface area contributed by atoms with Gasteiger partial charge in [-0.05, 0) is 31.0 Å². The van der Waals surface area contributed by atoms with E-state index in [1.807, 2.05) is 25.4 Å². The van der Waals surface area contributed by atoms with E-state index in [1.165, 1.54) is 10.6 Å². The smallest absolute Gasteiger partial charge is 0.211 e. The van der Waals surface area contributed by atoms with E-state index < -0.39 is 10.0 Å². The molecule has 0 amide bonds. The van der Waals surface area contributed by atoms with Gasteiger partial charge in [0.25, 0.3) is 0 Å². The van der Waals surface area contributed by atoms with Crippen LogP contribution in [-0.4, -0.2) is 42.7 Å². The fraction of sp³-hybridized carbons (Fsp3) is 0.467. The Kier molecular flexibility index (Phi) is 3.67. The van der Waals surface area contributed by atoms with E-state index in [4.69, 9.17) is 4.74 Å². The van der Waals surface area contributed by atoms with Crippen LogP contribution in [0.15, 0.2) is 30.5 Å². The molecule has 6 heteroatoms. The Labute approximate surface area is 125 Å². The second kappa shape index (κ2) is 5.35. The van der Waals surface area contributed by atoms with Crippen molar-refractivity contribution in [2.75, 3.05) is 19.3 Å². The van der Waals surface area contributed by atoms with Gasteiger partial charge >= 0.3 is 0 Å². The summed E-state index contributed by atoms with van der Waals surface area (Å²) in [5.74, 6) is 0.880. The summed E-state index contributed by atoms with van der Waals surface area (Å²) >= 11 is 0. The molecule has 2 heterocycles. The summed E-state index contributed by atoms with van der Waals surface area (Å²) in [6.45, 7) is 1.07. The minimum atomic E-state index is -3.08. The lowest BCUT2D eigenvalue weighted by atomic mass is 10.1. The maximum Gasteiger partial charge on any atom is 0.211 e. The van der Waals surface area contributed by atoms with E-state index in [0.29, 0.717) is 13.1 Å². The number of sulfonamides is 1. The molecule has 1 saturated heterocycles. The van der Waals surface area contributed by atoms with E-state index in [-0.39, 0.29) is 6.10 Å². The standard InChI is InChI=1S/C15H20N2O3S/c1-16-9-8-13-14(16)4-3-5-15(13)20-12-6-10-17(11-7-12)21(2,18)19/h3-5,8-9,12H,6-7,10-11H2,1-2H3. The van der Waals surface area contributed by atoms with E-state index >= 15 is 0 Å².